The Morgan fingerprint density at radius 3 is 2.14 bits per heavy atom. The summed E-state index contributed by atoms with van der Waals surface area (Å²) >= 11 is 5.76. The molecule has 0 fully saturated rings. The fraction of sp³-hybridized carbons (Fsp3) is 0.0476. The summed E-state index contributed by atoms with van der Waals surface area (Å²) in [6.45, 7) is 0. The van der Waals surface area contributed by atoms with E-state index in [1.54, 1.807) is 42.5 Å². The number of amides is 1. The smallest absolute Gasteiger partial charge is 0.239 e. The summed E-state index contributed by atoms with van der Waals surface area (Å²) in [5, 5.41) is 2.94. The second kappa shape index (κ2) is 8.37. The lowest BCUT2D eigenvalue weighted by Gasteiger charge is -2.08. The maximum absolute atomic E-state index is 12.5. The van der Waals surface area contributed by atoms with E-state index in [2.05, 4.69) is 5.32 Å². The first-order valence-electron chi connectivity index (χ1n) is 8.33. The monoisotopic (exact) mass is 413 g/mol. The largest absolute Gasteiger partial charge is 0.325 e. The van der Waals surface area contributed by atoms with Gasteiger partial charge in [0.15, 0.2) is 15.6 Å². The van der Waals surface area contributed by atoms with Gasteiger partial charge in [-0.05, 0) is 36.4 Å². The Kier molecular flexibility index (Phi) is 5.92. The molecule has 0 spiro atoms. The van der Waals surface area contributed by atoms with Gasteiger partial charge in [-0.1, -0.05) is 54.1 Å². The average molecular weight is 414 g/mol. The Bertz CT molecular complexity index is 1110. The molecule has 0 aliphatic rings. The molecule has 1 amide bonds. The Morgan fingerprint density at radius 1 is 0.821 bits per heavy atom. The second-order valence-corrected chi connectivity index (χ2v) is 8.46. The van der Waals surface area contributed by atoms with Crippen LogP contribution in [-0.4, -0.2) is 25.9 Å². The van der Waals surface area contributed by atoms with Gasteiger partial charge in [-0.15, -0.1) is 0 Å². The molecule has 3 rings (SSSR count). The standard InChI is InChI=1S/C21H16ClNO4S/c22-17-9-11-19(12-10-17)28(26,27)14-20(24)23-18-8-4-7-16(13-18)21(25)15-5-2-1-3-6-15/h1-13H,14H2,(H,23,24). The molecule has 0 saturated heterocycles. The third-order valence-electron chi connectivity index (χ3n) is 3.94. The second-order valence-electron chi connectivity index (χ2n) is 6.04. The van der Waals surface area contributed by atoms with Crippen LogP contribution in [0.5, 0.6) is 0 Å². The molecule has 0 saturated carbocycles. The Hall–Kier alpha value is -2.96. The van der Waals surface area contributed by atoms with E-state index in [0.29, 0.717) is 21.8 Å². The fourth-order valence-electron chi connectivity index (χ4n) is 2.59. The highest BCUT2D eigenvalue weighted by molar-refractivity contribution is 7.92. The van der Waals surface area contributed by atoms with Crippen molar-refractivity contribution in [3.8, 4) is 0 Å². The van der Waals surface area contributed by atoms with Gasteiger partial charge in [0.25, 0.3) is 0 Å². The van der Waals surface area contributed by atoms with E-state index < -0.39 is 21.5 Å². The van der Waals surface area contributed by atoms with E-state index in [0.717, 1.165) is 0 Å². The van der Waals surface area contributed by atoms with E-state index in [1.165, 1.54) is 30.3 Å². The molecule has 3 aromatic rings. The number of halogens is 1. The lowest BCUT2D eigenvalue weighted by molar-refractivity contribution is -0.113. The molecule has 142 valence electrons. The van der Waals surface area contributed by atoms with Crippen molar-refractivity contribution in [2.45, 2.75) is 4.90 Å². The molecule has 28 heavy (non-hydrogen) atoms. The molecule has 0 unspecified atom stereocenters. The van der Waals surface area contributed by atoms with Crippen molar-refractivity contribution in [3.63, 3.8) is 0 Å². The summed E-state index contributed by atoms with van der Waals surface area (Å²) in [7, 11) is -3.80. The van der Waals surface area contributed by atoms with Crippen LogP contribution >= 0.6 is 11.6 Å². The minimum atomic E-state index is -3.80. The van der Waals surface area contributed by atoms with E-state index in [4.69, 9.17) is 11.6 Å². The van der Waals surface area contributed by atoms with Crippen LogP contribution in [0.1, 0.15) is 15.9 Å². The first kappa shape index (κ1) is 19.8. The fourth-order valence-corrected chi connectivity index (χ4v) is 3.85. The molecule has 0 radical (unpaired) electrons. The number of rotatable bonds is 6. The van der Waals surface area contributed by atoms with Gasteiger partial charge in [0.05, 0.1) is 4.90 Å². The van der Waals surface area contributed by atoms with E-state index in [1.807, 2.05) is 6.07 Å². The summed E-state index contributed by atoms with van der Waals surface area (Å²) in [5.41, 5.74) is 1.26. The van der Waals surface area contributed by atoms with Gasteiger partial charge in [0.2, 0.25) is 5.91 Å². The number of anilines is 1. The number of carbonyl (C=O) groups is 2. The summed E-state index contributed by atoms with van der Waals surface area (Å²) in [6.07, 6.45) is 0. The molecule has 0 atom stereocenters. The molecule has 0 heterocycles. The summed E-state index contributed by atoms with van der Waals surface area (Å²) in [6, 6.07) is 20.7. The van der Waals surface area contributed by atoms with Crippen LogP contribution in [0.15, 0.2) is 83.8 Å². The van der Waals surface area contributed by atoms with Gasteiger partial charge < -0.3 is 5.32 Å². The molecule has 1 N–H and O–H groups in total. The molecule has 0 aliphatic carbocycles. The summed E-state index contributed by atoms with van der Waals surface area (Å²) in [5.74, 6) is -1.60. The molecule has 5 nitrogen and oxygen atoms in total. The van der Waals surface area contributed by atoms with Crippen molar-refractivity contribution >= 4 is 38.8 Å². The lowest BCUT2D eigenvalue weighted by Crippen LogP contribution is -2.23. The maximum atomic E-state index is 12.5. The van der Waals surface area contributed by atoms with Gasteiger partial charge in [0, 0.05) is 21.8 Å². The van der Waals surface area contributed by atoms with Gasteiger partial charge in [-0.2, -0.15) is 0 Å². The van der Waals surface area contributed by atoms with Gasteiger partial charge in [-0.3, -0.25) is 9.59 Å². The van der Waals surface area contributed by atoms with Crippen LogP contribution < -0.4 is 5.32 Å². The third kappa shape index (κ3) is 4.85. The third-order valence-corrected chi connectivity index (χ3v) is 5.82. The molecule has 7 heteroatoms. The van der Waals surface area contributed by atoms with Gasteiger partial charge in [-0.25, -0.2) is 8.42 Å². The number of hydrogen-bond acceptors (Lipinski definition) is 4. The molecule has 0 aliphatic heterocycles. The molecular formula is C21H16ClNO4S. The molecule has 0 bridgehead atoms. The average Bonchev–Trinajstić information content (AvgIpc) is 2.68. The van der Waals surface area contributed by atoms with E-state index in [9.17, 15) is 18.0 Å². The minimum absolute atomic E-state index is 0.0139. The lowest BCUT2D eigenvalue weighted by atomic mass is 10.0. The van der Waals surface area contributed by atoms with Crippen LogP contribution in [0.2, 0.25) is 5.02 Å². The van der Waals surface area contributed by atoms with Crippen molar-refractivity contribution in [1.82, 2.24) is 0 Å². The predicted octanol–water partition coefficient (Wildman–Crippen LogP) is 3.98. The van der Waals surface area contributed by atoms with Crippen molar-refractivity contribution in [3.05, 3.63) is 95.0 Å². The highest BCUT2D eigenvalue weighted by Crippen LogP contribution is 2.17. The topological polar surface area (TPSA) is 80.3 Å². The van der Waals surface area contributed by atoms with Crippen molar-refractivity contribution in [2.24, 2.45) is 0 Å². The van der Waals surface area contributed by atoms with E-state index in [-0.39, 0.29) is 10.7 Å². The number of hydrogen-bond donors (Lipinski definition) is 1. The molecular weight excluding hydrogens is 398 g/mol. The zero-order valence-electron chi connectivity index (χ0n) is 14.6. The Labute approximate surface area is 167 Å². The van der Waals surface area contributed by atoms with Gasteiger partial charge in [0.1, 0.15) is 5.75 Å². The SMILES string of the molecule is O=C(CS(=O)(=O)c1ccc(Cl)cc1)Nc1cccc(C(=O)c2ccccc2)c1. The highest BCUT2D eigenvalue weighted by Gasteiger charge is 2.19. The first-order chi connectivity index (χ1) is 13.3. The first-order valence-corrected chi connectivity index (χ1v) is 10.4. The number of nitrogens with one attached hydrogen (secondary N) is 1. The zero-order valence-corrected chi connectivity index (χ0v) is 16.2. The molecule has 0 aromatic heterocycles. The number of benzene rings is 3. The van der Waals surface area contributed by atoms with Crippen molar-refractivity contribution in [2.75, 3.05) is 11.1 Å². The zero-order chi connectivity index (χ0) is 20.1. The predicted molar refractivity (Wildman–Crippen MR) is 108 cm³/mol. The Morgan fingerprint density at radius 2 is 1.46 bits per heavy atom. The normalized spacial score (nSPS) is 11.0. The molecule has 3 aromatic carbocycles. The van der Waals surface area contributed by atoms with Gasteiger partial charge >= 0.3 is 0 Å². The van der Waals surface area contributed by atoms with Crippen LogP contribution in [0, 0.1) is 0 Å². The quantitative estimate of drug-likeness (QED) is 0.620. The van der Waals surface area contributed by atoms with Crippen LogP contribution in [0.25, 0.3) is 0 Å². The minimum Gasteiger partial charge on any atom is -0.325 e. The van der Waals surface area contributed by atoms with Crippen molar-refractivity contribution < 1.29 is 18.0 Å². The summed E-state index contributed by atoms with van der Waals surface area (Å²) < 4.78 is 24.7. The highest BCUT2D eigenvalue weighted by atomic mass is 35.5. The summed E-state index contributed by atoms with van der Waals surface area (Å²) in [4.78, 5) is 24.7. The van der Waals surface area contributed by atoms with Crippen molar-refractivity contribution in [1.29, 1.82) is 0 Å². The number of carbonyl (C=O) groups excluding carboxylic acids is 2. The maximum Gasteiger partial charge on any atom is 0.239 e. The Balaban J connectivity index is 1.72. The van der Waals surface area contributed by atoms with Crippen LogP contribution in [0.4, 0.5) is 5.69 Å². The van der Waals surface area contributed by atoms with Crippen LogP contribution in [0.3, 0.4) is 0 Å². The van der Waals surface area contributed by atoms with E-state index >= 15 is 0 Å². The number of ketones is 1. The number of sulfone groups is 1. The van der Waals surface area contributed by atoms with Crippen LogP contribution in [-0.2, 0) is 14.6 Å².